The number of aliphatic carboxylic acids is 2. The van der Waals surface area contributed by atoms with Gasteiger partial charge in [-0.25, -0.2) is 14.4 Å². The Hall–Kier alpha value is -4.18. The van der Waals surface area contributed by atoms with E-state index in [1.54, 1.807) is 30.3 Å². The highest BCUT2D eigenvalue weighted by molar-refractivity contribution is 6.27. The fraction of sp³-hybridized carbons (Fsp3) is 0.419. The van der Waals surface area contributed by atoms with Gasteiger partial charge < -0.3 is 29.0 Å². The Bertz CT molecular complexity index is 1330. The number of hydrogen-bond donors (Lipinski definition) is 2. The molecule has 2 N–H and O–H groups in total. The molecule has 1 fully saturated rings. The highest BCUT2D eigenvalue weighted by Gasteiger charge is 2.26. The van der Waals surface area contributed by atoms with Gasteiger partial charge in [0.05, 0.1) is 24.8 Å². The molecule has 2 heterocycles. The fourth-order valence-electron chi connectivity index (χ4n) is 4.74. The number of ketones is 1. The predicted molar refractivity (Wildman–Crippen MR) is 152 cm³/mol. The second-order valence-electron chi connectivity index (χ2n) is 9.74. The monoisotopic (exact) mass is 567 g/mol. The molecule has 10 heteroatoms. The van der Waals surface area contributed by atoms with Crippen molar-refractivity contribution in [3.05, 3.63) is 64.9 Å². The summed E-state index contributed by atoms with van der Waals surface area (Å²) in [6, 6.07) is 12.4. The summed E-state index contributed by atoms with van der Waals surface area (Å²) in [6.07, 6.45) is 7.41. The first-order valence-corrected chi connectivity index (χ1v) is 13.9. The summed E-state index contributed by atoms with van der Waals surface area (Å²) in [5, 5.41) is 15.3. The van der Waals surface area contributed by atoms with Crippen molar-refractivity contribution in [3.63, 3.8) is 0 Å². The van der Waals surface area contributed by atoms with Crippen LogP contribution in [0.2, 0.25) is 0 Å². The molecule has 1 aliphatic heterocycles. The molecule has 0 atom stereocenters. The van der Waals surface area contributed by atoms with Gasteiger partial charge >= 0.3 is 17.9 Å². The maximum atomic E-state index is 13.7. The number of carbonyl (C=O) groups is 4. The van der Waals surface area contributed by atoms with Crippen LogP contribution in [0.25, 0.3) is 11.0 Å². The van der Waals surface area contributed by atoms with E-state index in [1.165, 1.54) is 39.5 Å². The standard InChI is InChI=1S/C29H35NO5.C2H2O4/c1-3-4-11-25-27(26-23(29(32)33-2)10-8-12-24(26)35-25)28(31)21-13-15-22(16-14-21)34-20-9-19-30-17-6-5-7-18-30;3-1(4)2(5)6/h8,10,12-16H,3-7,9,11,17-20H2,1-2H3;(H,3,4)(H,5,6). The van der Waals surface area contributed by atoms with Gasteiger partial charge in [0, 0.05) is 23.9 Å². The van der Waals surface area contributed by atoms with Crippen LogP contribution in [0.15, 0.2) is 46.9 Å². The maximum Gasteiger partial charge on any atom is 0.414 e. The van der Waals surface area contributed by atoms with E-state index in [-0.39, 0.29) is 5.78 Å². The highest BCUT2D eigenvalue weighted by atomic mass is 16.5. The van der Waals surface area contributed by atoms with E-state index in [2.05, 4.69) is 11.8 Å². The summed E-state index contributed by atoms with van der Waals surface area (Å²) in [5.74, 6) is -2.94. The molecule has 0 spiro atoms. The van der Waals surface area contributed by atoms with Crippen molar-refractivity contribution in [1.29, 1.82) is 0 Å². The quantitative estimate of drug-likeness (QED) is 0.137. The minimum atomic E-state index is -1.82. The number of piperidine rings is 1. The number of aryl methyl sites for hydroxylation is 1. The molecule has 0 radical (unpaired) electrons. The third-order valence-electron chi connectivity index (χ3n) is 6.81. The van der Waals surface area contributed by atoms with Crippen molar-refractivity contribution in [1.82, 2.24) is 4.90 Å². The lowest BCUT2D eigenvalue weighted by Crippen LogP contribution is -2.31. The summed E-state index contributed by atoms with van der Waals surface area (Å²) in [6.45, 7) is 6.19. The van der Waals surface area contributed by atoms with Crippen molar-refractivity contribution in [2.24, 2.45) is 0 Å². The number of nitrogens with zero attached hydrogens (tertiary/aromatic N) is 1. The summed E-state index contributed by atoms with van der Waals surface area (Å²) in [5.41, 5.74) is 1.85. The Kier molecular flexibility index (Phi) is 11.9. The number of benzene rings is 2. The minimum absolute atomic E-state index is 0.164. The molecule has 0 aliphatic carbocycles. The van der Waals surface area contributed by atoms with Crippen molar-refractivity contribution in [2.75, 3.05) is 33.4 Å². The average Bonchev–Trinajstić information content (AvgIpc) is 3.37. The number of ether oxygens (including phenoxy) is 2. The topological polar surface area (TPSA) is 144 Å². The van der Waals surface area contributed by atoms with Crippen molar-refractivity contribution in [2.45, 2.75) is 51.9 Å². The number of esters is 1. The zero-order valence-corrected chi connectivity index (χ0v) is 23.5. The van der Waals surface area contributed by atoms with Gasteiger partial charge in [-0.05, 0) is 75.2 Å². The van der Waals surface area contributed by atoms with Crippen LogP contribution < -0.4 is 4.74 Å². The number of carbonyl (C=O) groups excluding carboxylic acids is 2. The van der Waals surface area contributed by atoms with Crippen LogP contribution in [0.4, 0.5) is 0 Å². The van der Waals surface area contributed by atoms with Crippen LogP contribution in [0.5, 0.6) is 5.75 Å². The maximum absolute atomic E-state index is 13.7. The molecule has 1 aliphatic rings. The van der Waals surface area contributed by atoms with Crippen LogP contribution in [-0.4, -0.2) is 72.2 Å². The predicted octanol–water partition coefficient (Wildman–Crippen LogP) is 5.20. The van der Waals surface area contributed by atoms with Crippen molar-refractivity contribution in [3.8, 4) is 5.75 Å². The van der Waals surface area contributed by atoms with Crippen LogP contribution in [0, 0.1) is 0 Å². The van der Waals surface area contributed by atoms with Crippen molar-refractivity contribution < 1.29 is 43.3 Å². The SMILES string of the molecule is CCCCc1oc2cccc(C(=O)OC)c2c1C(=O)c1ccc(OCCCN2CCCCC2)cc1.O=C(O)C(=O)O. The first-order valence-electron chi connectivity index (χ1n) is 13.9. The van der Waals surface area contributed by atoms with Gasteiger partial charge in [-0.15, -0.1) is 0 Å². The summed E-state index contributed by atoms with van der Waals surface area (Å²) in [7, 11) is 1.34. The fourth-order valence-corrected chi connectivity index (χ4v) is 4.74. The first kappa shape index (κ1) is 31.3. The van der Waals surface area contributed by atoms with E-state index in [0.717, 1.165) is 31.6 Å². The molecule has 10 nitrogen and oxygen atoms in total. The van der Waals surface area contributed by atoms with Gasteiger partial charge in [0.15, 0.2) is 5.78 Å². The Morgan fingerprint density at radius 2 is 1.61 bits per heavy atom. The number of fused-ring (bicyclic) bond motifs is 1. The molecular formula is C31H37NO9. The van der Waals surface area contributed by atoms with E-state index in [0.29, 0.717) is 46.4 Å². The molecule has 0 saturated carbocycles. The van der Waals surface area contributed by atoms with E-state index in [9.17, 15) is 9.59 Å². The zero-order chi connectivity index (χ0) is 29.8. The average molecular weight is 568 g/mol. The van der Waals surface area contributed by atoms with Crippen molar-refractivity contribution >= 4 is 34.7 Å². The Balaban J connectivity index is 0.000000696. The Morgan fingerprint density at radius 3 is 2.22 bits per heavy atom. The van der Waals surface area contributed by atoms with Crippen LogP contribution >= 0.6 is 0 Å². The van der Waals surface area contributed by atoms with E-state index in [1.807, 2.05) is 12.1 Å². The lowest BCUT2D eigenvalue weighted by molar-refractivity contribution is -0.159. The van der Waals surface area contributed by atoms with Crippen LogP contribution in [0.1, 0.15) is 77.5 Å². The molecular weight excluding hydrogens is 530 g/mol. The van der Waals surface area contributed by atoms with E-state index >= 15 is 0 Å². The molecule has 220 valence electrons. The number of likely N-dealkylation sites (tertiary alicyclic amines) is 1. The number of unbranched alkanes of at least 4 members (excludes halogenated alkanes) is 1. The minimum Gasteiger partial charge on any atom is -0.494 e. The molecule has 41 heavy (non-hydrogen) atoms. The number of carboxylic acids is 2. The number of hydrogen-bond acceptors (Lipinski definition) is 8. The van der Waals surface area contributed by atoms with Gasteiger partial charge in [-0.2, -0.15) is 0 Å². The molecule has 1 aromatic heterocycles. The smallest absolute Gasteiger partial charge is 0.414 e. The largest absolute Gasteiger partial charge is 0.494 e. The van der Waals surface area contributed by atoms with Crippen LogP contribution in [0.3, 0.4) is 0 Å². The highest BCUT2D eigenvalue weighted by Crippen LogP contribution is 2.33. The molecule has 2 aromatic carbocycles. The summed E-state index contributed by atoms with van der Waals surface area (Å²) >= 11 is 0. The van der Waals surface area contributed by atoms with E-state index in [4.69, 9.17) is 33.7 Å². The Labute approximate surface area is 238 Å². The molecule has 0 unspecified atom stereocenters. The van der Waals surface area contributed by atoms with E-state index < -0.39 is 17.9 Å². The Morgan fingerprint density at radius 1 is 0.927 bits per heavy atom. The lowest BCUT2D eigenvalue weighted by atomic mass is 9.96. The third kappa shape index (κ3) is 8.65. The zero-order valence-electron chi connectivity index (χ0n) is 23.5. The second-order valence-corrected chi connectivity index (χ2v) is 9.74. The second kappa shape index (κ2) is 15.6. The third-order valence-corrected chi connectivity index (χ3v) is 6.81. The molecule has 3 aromatic rings. The van der Waals surface area contributed by atoms with Gasteiger partial charge in [0.1, 0.15) is 17.1 Å². The van der Waals surface area contributed by atoms with Gasteiger partial charge in [-0.1, -0.05) is 25.8 Å². The summed E-state index contributed by atoms with van der Waals surface area (Å²) in [4.78, 5) is 46.8. The lowest BCUT2D eigenvalue weighted by Gasteiger charge is -2.26. The van der Waals surface area contributed by atoms with Gasteiger partial charge in [0.25, 0.3) is 0 Å². The van der Waals surface area contributed by atoms with Gasteiger partial charge in [-0.3, -0.25) is 4.79 Å². The van der Waals surface area contributed by atoms with Gasteiger partial charge in [0.2, 0.25) is 0 Å². The number of methoxy groups -OCH3 is 1. The summed E-state index contributed by atoms with van der Waals surface area (Å²) < 4.78 is 16.9. The first-order chi connectivity index (χ1) is 19.8. The number of furan rings is 1. The molecule has 1 saturated heterocycles. The normalized spacial score (nSPS) is 13.2. The van der Waals surface area contributed by atoms with Crippen LogP contribution in [-0.2, 0) is 20.7 Å². The number of carboxylic acid groups (broad SMARTS) is 2. The molecule has 0 bridgehead atoms. The number of rotatable bonds is 11. The molecule has 4 rings (SSSR count). The molecule has 0 amide bonds.